The molecule has 3 saturated carbocycles. The fraction of sp³-hybridized carbons (Fsp3) is 0.889. The Hall–Kier alpha value is -0.590. The van der Waals surface area contributed by atoms with Crippen LogP contribution in [0.25, 0.3) is 0 Å². The molecule has 0 heterocycles. The Balaban J connectivity index is 1.60. The van der Waals surface area contributed by atoms with E-state index in [-0.39, 0.29) is 5.41 Å². The van der Waals surface area contributed by atoms with Crippen LogP contribution in [0.4, 0.5) is 0 Å². The molecule has 6 atom stereocenters. The second-order valence-corrected chi connectivity index (χ2v) is 11.9. The van der Waals surface area contributed by atoms with E-state index in [0.717, 1.165) is 18.3 Å². The number of Topliss-reactive ketones (excluding diaryl/α,β-unsaturated/α-hetero) is 1. The van der Waals surface area contributed by atoms with Crippen molar-refractivity contribution in [2.45, 2.75) is 112 Å². The summed E-state index contributed by atoms with van der Waals surface area (Å²) in [5.74, 6) is 4.25. The van der Waals surface area contributed by atoms with Crippen LogP contribution in [0.1, 0.15) is 112 Å². The first kappa shape index (κ1) is 20.7. The number of carbonyl (C=O) groups excluding carboxylic acids is 1. The molecule has 0 aliphatic heterocycles. The Kier molecular flexibility index (Phi) is 5.60. The largest absolute Gasteiger partial charge is 0.295 e. The van der Waals surface area contributed by atoms with Crippen molar-refractivity contribution in [2.24, 2.45) is 40.4 Å². The van der Waals surface area contributed by atoms with Gasteiger partial charge in [-0.25, -0.2) is 0 Å². The van der Waals surface area contributed by atoms with E-state index < -0.39 is 0 Å². The molecule has 6 unspecified atom stereocenters. The van der Waals surface area contributed by atoms with E-state index in [1.54, 1.807) is 5.57 Å². The van der Waals surface area contributed by atoms with Crippen molar-refractivity contribution >= 4 is 5.78 Å². The molecule has 4 aliphatic carbocycles. The molecule has 0 aromatic rings. The predicted molar refractivity (Wildman–Crippen MR) is 118 cm³/mol. The third-order valence-electron chi connectivity index (χ3n) is 9.90. The second kappa shape index (κ2) is 7.59. The van der Waals surface area contributed by atoms with Gasteiger partial charge in [0.25, 0.3) is 0 Å². The normalized spacial score (nSPS) is 41.6. The summed E-state index contributed by atoms with van der Waals surface area (Å²) in [5.41, 5.74) is 3.67. The van der Waals surface area contributed by atoms with Crippen LogP contribution < -0.4 is 0 Å². The van der Waals surface area contributed by atoms with E-state index in [1.165, 1.54) is 76.2 Å². The maximum atomic E-state index is 13.4. The van der Waals surface area contributed by atoms with Crippen LogP contribution in [-0.2, 0) is 4.79 Å². The van der Waals surface area contributed by atoms with E-state index >= 15 is 0 Å². The monoisotopic (exact) mass is 384 g/mol. The van der Waals surface area contributed by atoms with Gasteiger partial charge < -0.3 is 0 Å². The van der Waals surface area contributed by atoms with Gasteiger partial charge in [0.2, 0.25) is 0 Å². The zero-order chi connectivity index (χ0) is 20.1. The molecule has 3 fully saturated rings. The summed E-state index contributed by atoms with van der Waals surface area (Å²) < 4.78 is 0. The first-order valence-corrected chi connectivity index (χ1v) is 12.5. The topological polar surface area (TPSA) is 17.1 Å². The van der Waals surface area contributed by atoms with E-state index in [0.29, 0.717) is 29.0 Å². The summed E-state index contributed by atoms with van der Waals surface area (Å²) >= 11 is 0. The molecular formula is C27H44O. The van der Waals surface area contributed by atoms with Crippen molar-refractivity contribution in [3.05, 3.63) is 11.1 Å². The van der Waals surface area contributed by atoms with E-state index in [2.05, 4.69) is 34.6 Å². The van der Waals surface area contributed by atoms with Gasteiger partial charge in [0.05, 0.1) is 0 Å². The smallest absolute Gasteiger partial charge is 0.159 e. The standard InChI is InChI=1S/C27H44O/c1-18(2)9-8-10-19(3)23-17-24(28)25-21-13-12-20-11-6-7-15-26(20,4)22(21)14-16-27(23,25)5/h18-20,22-23H,6-17H2,1-5H3. The number of carbonyl (C=O) groups is 1. The lowest BCUT2D eigenvalue weighted by Crippen LogP contribution is -2.46. The molecule has 1 heteroatoms. The maximum absolute atomic E-state index is 13.4. The van der Waals surface area contributed by atoms with Crippen molar-refractivity contribution in [3.8, 4) is 0 Å². The van der Waals surface area contributed by atoms with Gasteiger partial charge in [0, 0.05) is 12.0 Å². The third-order valence-corrected chi connectivity index (χ3v) is 9.90. The lowest BCUT2D eigenvalue weighted by molar-refractivity contribution is -0.115. The quantitative estimate of drug-likeness (QED) is 0.473. The summed E-state index contributed by atoms with van der Waals surface area (Å²) in [6.07, 6.45) is 15.7. The summed E-state index contributed by atoms with van der Waals surface area (Å²) in [4.78, 5) is 13.4. The first-order valence-electron chi connectivity index (χ1n) is 12.5. The van der Waals surface area contributed by atoms with Crippen LogP contribution in [0.5, 0.6) is 0 Å². The lowest BCUT2D eigenvalue weighted by Gasteiger charge is -2.55. The van der Waals surface area contributed by atoms with Crippen LogP contribution >= 0.6 is 0 Å². The zero-order valence-corrected chi connectivity index (χ0v) is 19.3. The Bertz CT molecular complexity index is 643. The molecule has 0 amide bonds. The minimum atomic E-state index is 0.179. The van der Waals surface area contributed by atoms with Crippen LogP contribution in [0.3, 0.4) is 0 Å². The molecule has 0 N–H and O–H groups in total. The number of fused-ring (bicyclic) bond motifs is 4. The average molecular weight is 385 g/mol. The summed E-state index contributed by atoms with van der Waals surface area (Å²) in [7, 11) is 0. The Morgan fingerprint density at radius 1 is 1.00 bits per heavy atom. The van der Waals surface area contributed by atoms with Gasteiger partial charge in [0.15, 0.2) is 5.78 Å². The molecule has 28 heavy (non-hydrogen) atoms. The Morgan fingerprint density at radius 2 is 1.79 bits per heavy atom. The van der Waals surface area contributed by atoms with E-state index in [9.17, 15) is 4.79 Å². The fourth-order valence-corrected chi connectivity index (χ4v) is 8.28. The van der Waals surface area contributed by atoms with Crippen LogP contribution in [-0.4, -0.2) is 5.78 Å². The molecule has 158 valence electrons. The first-order chi connectivity index (χ1) is 13.3. The molecule has 4 rings (SSSR count). The summed E-state index contributed by atoms with van der Waals surface area (Å²) in [6, 6.07) is 0. The molecule has 1 nitrogen and oxygen atoms in total. The van der Waals surface area contributed by atoms with Crippen LogP contribution in [0.15, 0.2) is 11.1 Å². The Morgan fingerprint density at radius 3 is 2.54 bits per heavy atom. The van der Waals surface area contributed by atoms with Crippen molar-refractivity contribution in [1.82, 2.24) is 0 Å². The highest BCUT2D eigenvalue weighted by Gasteiger charge is 2.57. The molecule has 0 radical (unpaired) electrons. The molecule has 0 spiro atoms. The lowest BCUT2D eigenvalue weighted by atomic mass is 9.49. The van der Waals surface area contributed by atoms with Crippen molar-refractivity contribution in [1.29, 1.82) is 0 Å². The van der Waals surface area contributed by atoms with E-state index in [4.69, 9.17) is 0 Å². The fourth-order valence-electron chi connectivity index (χ4n) is 8.28. The number of ketones is 1. The highest BCUT2D eigenvalue weighted by molar-refractivity contribution is 6.00. The van der Waals surface area contributed by atoms with Gasteiger partial charge in [-0.2, -0.15) is 0 Å². The number of hydrogen-bond donors (Lipinski definition) is 0. The van der Waals surface area contributed by atoms with Gasteiger partial charge >= 0.3 is 0 Å². The second-order valence-electron chi connectivity index (χ2n) is 11.9. The Labute approximate surface area is 174 Å². The van der Waals surface area contributed by atoms with Gasteiger partial charge in [0.1, 0.15) is 0 Å². The van der Waals surface area contributed by atoms with Gasteiger partial charge in [-0.05, 0) is 78.9 Å². The van der Waals surface area contributed by atoms with Crippen molar-refractivity contribution in [2.75, 3.05) is 0 Å². The van der Waals surface area contributed by atoms with Gasteiger partial charge in [-0.15, -0.1) is 0 Å². The zero-order valence-electron chi connectivity index (χ0n) is 19.3. The van der Waals surface area contributed by atoms with Gasteiger partial charge in [-0.1, -0.05) is 72.3 Å². The highest BCUT2D eigenvalue weighted by Crippen LogP contribution is 2.65. The van der Waals surface area contributed by atoms with Crippen LogP contribution in [0.2, 0.25) is 0 Å². The van der Waals surface area contributed by atoms with Crippen LogP contribution in [0, 0.1) is 40.4 Å². The van der Waals surface area contributed by atoms with E-state index in [1.807, 2.05) is 0 Å². The third kappa shape index (κ3) is 3.24. The minimum Gasteiger partial charge on any atom is -0.295 e. The predicted octanol–water partition coefficient (Wildman–Crippen LogP) is 7.74. The molecule has 0 aromatic carbocycles. The average Bonchev–Trinajstić information content (AvgIpc) is 2.92. The maximum Gasteiger partial charge on any atom is 0.159 e. The molecule has 0 saturated heterocycles. The molecule has 0 bridgehead atoms. The van der Waals surface area contributed by atoms with Gasteiger partial charge in [-0.3, -0.25) is 4.79 Å². The highest BCUT2D eigenvalue weighted by atomic mass is 16.1. The summed E-state index contributed by atoms with van der Waals surface area (Å²) in [5, 5.41) is 0. The SMILES string of the molecule is CC(C)CCCC(C)C1CC(=O)C2=C3CCC4CCCCC4(C)C3CCC21C. The summed E-state index contributed by atoms with van der Waals surface area (Å²) in [6.45, 7) is 12.2. The molecular weight excluding hydrogens is 340 g/mol. The van der Waals surface area contributed by atoms with Crippen molar-refractivity contribution < 1.29 is 4.79 Å². The molecule has 4 aliphatic rings. The molecule has 0 aromatic heterocycles. The minimum absolute atomic E-state index is 0.179. The number of hydrogen-bond acceptors (Lipinski definition) is 1. The van der Waals surface area contributed by atoms with Crippen molar-refractivity contribution in [3.63, 3.8) is 0 Å². The number of allylic oxidation sites excluding steroid dienone is 2. The number of rotatable bonds is 5.